The van der Waals surface area contributed by atoms with Gasteiger partial charge in [-0.05, 0) is 67.7 Å². The van der Waals surface area contributed by atoms with E-state index in [2.05, 4.69) is 29.1 Å². The second-order valence-corrected chi connectivity index (χ2v) is 14.3. The zero-order chi connectivity index (χ0) is 34.2. The molecule has 2 atom stereocenters. The molecule has 2 amide bonds. The summed E-state index contributed by atoms with van der Waals surface area (Å²) in [5.74, 6) is 0.494. The third-order valence-corrected chi connectivity index (χ3v) is 11.1. The Morgan fingerprint density at radius 1 is 1.20 bits per heavy atom. The Morgan fingerprint density at radius 3 is 2.71 bits per heavy atom. The molecule has 49 heavy (non-hydrogen) atoms. The number of hydrogen-bond donors (Lipinski definition) is 2. The number of fused-ring (bicyclic) bond motifs is 6. The highest BCUT2D eigenvalue weighted by Gasteiger charge is 2.64. The molecule has 2 aliphatic heterocycles. The lowest BCUT2D eigenvalue weighted by Gasteiger charge is -2.41. The van der Waals surface area contributed by atoms with Crippen LogP contribution < -0.4 is 10.9 Å². The van der Waals surface area contributed by atoms with E-state index in [1.54, 1.807) is 11.8 Å². The summed E-state index contributed by atoms with van der Waals surface area (Å²) in [5, 5.41) is 18.6. The van der Waals surface area contributed by atoms with Gasteiger partial charge in [0.2, 0.25) is 11.7 Å². The number of aromatic nitrogens is 6. The summed E-state index contributed by atoms with van der Waals surface area (Å²) in [6.07, 6.45) is 5.83. The van der Waals surface area contributed by atoms with Crippen LogP contribution in [0.25, 0.3) is 11.4 Å². The molecule has 5 heterocycles. The average molecular weight is 685 g/mol. The first-order chi connectivity index (χ1) is 23.6. The number of aromatic hydroxyl groups is 1. The Hall–Kier alpha value is -4.62. The molecule has 254 valence electrons. The van der Waals surface area contributed by atoms with Crippen LogP contribution in [0.4, 0.5) is 5.69 Å². The topological polar surface area (TPSA) is 157 Å². The molecule has 1 aromatic carbocycles. The smallest absolute Gasteiger partial charge is 0.279 e. The van der Waals surface area contributed by atoms with E-state index in [0.29, 0.717) is 85.1 Å². The maximum Gasteiger partial charge on any atom is 0.279 e. The van der Waals surface area contributed by atoms with Crippen molar-refractivity contribution in [2.75, 3.05) is 31.6 Å². The molecular formula is C35H37ClN8O5. The number of hydrogen-bond acceptors (Lipinski definition) is 9. The zero-order valence-corrected chi connectivity index (χ0v) is 28.3. The van der Waals surface area contributed by atoms with E-state index in [4.69, 9.17) is 26.4 Å². The Labute approximate surface area is 287 Å². The molecule has 4 aliphatic rings. The minimum absolute atomic E-state index is 0.0221. The molecule has 14 heteroatoms. The molecule has 0 radical (unpaired) electrons. The number of nitrogens with one attached hydrogen (secondary N) is 1. The maximum atomic E-state index is 14.5. The maximum absolute atomic E-state index is 14.5. The average Bonchev–Trinajstić information content (AvgIpc) is 3.69. The van der Waals surface area contributed by atoms with Crippen LogP contribution in [0, 0.1) is 12.8 Å². The van der Waals surface area contributed by atoms with Gasteiger partial charge in [0.05, 0.1) is 29.6 Å². The van der Waals surface area contributed by atoms with Crippen molar-refractivity contribution < 1.29 is 19.4 Å². The molecule has 1 saturated heterocycles. The number of piperidine rings is 1. The molecular weight excluding hydrogens is 648 g/mol. The van der Waals surface area contributed by atoms with Gasteiger partial charge in [0.15, 0.2) is 17.3 Å². The van der Waals surface area contributed by atoms with E-state index in [9.17, 15) is 19.5 Å². The zero-order valence-electron chi connectivity index (χ0n) is 27.6. The van der Waals surface area contributed by atoms with Gasteiger partial charge in [-0.1, -0.05) is 37.6 Å². The number of aryl methyl sites for hydroxylation is 1. The molecule has 0 unspecified atom stereocenters. The highest BCUT2D eigenvalue weighted by atomic mass is 35.5. The molecule has 2 fully saturated rings. The van der Waals surface area contributed by atoms with E-state index in [1.807, 2.05) is 28.8 Å². The number of likely N-dealkylation sites (tertiary alicyclic amines) is 1. The number of benzene rings is 1. The van der Waals surface area contributed by atoms with Crippen molar-refractivity contribution >= 4 is 40.5 Å². The fourth-order valence-electron chi connectivity index (χ4n) is 8.07. The van der Waals surface area contributed by atoms with Crippen LogP contribution in [0.1, 0.15) is 90.2 Å². The molecule has 2 N–H and O–H groups in total. The van der Waals surface area contributed by atoms with E-state index in [0.717, 1.165) is 23.3 Å². The third kappa shape index (κ3) is 5.13. The lowest BCUT2D eigenvalue weighted by atomic mass is 9.71. The van der Waals surface area contributed by atoms with Crippen molar-refractivity contribution in [3.63, 3.8) is 0 Å². The quantitative estimate of drug-likeness (QED) is 0.304. The minimum atomic E-state index is -0.482. The van der Waals surface area contributed by atoms with Crippen LogP contribution in [0.2, 0.25) is 5.02 Å². The van der Waals surface area contributed by atoms with Gasteiger partial charge >= 0.3 is 0 Å². The van der Waals surface area contributed by atoms with Crippen molar-refractivity contribution in [1.29, 1.82) is 0 Å². The standard InChI is InChI=1S/C35H37ClN8O5/c1-18(2)21-4-5-25(24(36)14-21)39-26(45)16-43-29-22-15-23(22)35(8-10-42(11-9-35)33(48)28-30(46)19(3)37-17-38-28)27(29)32(47)44-34(43)40-31(41-44)20-6-12-49-13-7-20/h4-6,14,17-18,22-23,46H,7-13,15-16H2,1-3H3,(H,39,45)/t22-,23+/m0/s1. The lowest BCUT2D eigenvalue weighted by Crippen LogP contribution is -2.48. The van der Waals surface area contributed by atoms with Crippen LogP contribution in [0.3, 0.4) is 0 Å². The Kier molecular flexibility index (Phi) is 7.60. The Balaban J connectivity index is 1.17. The number of amides is 2. The predicted octanol–water partition coefficient (Wildman–Crippen LogP) is 4.21. The second kappa shape index (κ2) is 11.8. The van der Waals surface area contributed by atoms with E-state index in [-0.39, 0.29) is 47.2 Å². The largest absolute Gasteiger partial charge is 0.504 e. The number of anilines is 1. The van der Waals surface area contributed by atoms with Gasteiger partial charge in [0, 0.05) is 35.7 Å². The van der Waals surface area contributed by atoms with Crippen LogP contribution in [0.5, 0.6) is 5.75 Å². The van der Waals surface area contributed by atoms with Crippen molar-refractivity contribution in [2.45, 2.75) is 70.3 Å². The molecule has 1 saturated carbocycles. The summed E-state index contributed by atoms with van der Waals surface area (Å²) < 4.78 is 8.72. The van der Waals surface area contributed by atoms with Gasteiger partial charge in [-0.3, -0.25) is 14.4 Å². The second-order valence-electron chi connectivity index (χ2n) is 13.8. The summed E-state index contributed by atoms with van der Waals surface area (Å²) in [6.45, 7) is 7.47. The summed E-state index contributed by atoms with van der Waals surface area (Å²) in [5.41, 5.74) is 3.60. The van der Waals surface area contributed by atoms with Crippen molar-refractivity contribution in [1.82, 2.24) is 34.0 Å². The van der Waals surface area contributed by atoms with Gasteiger partial charge in [0.25, 0.3) is 11.5 Å². The summed E-state index contributed by atoms with van der Waals surface area (Å²) >= 11 is 6.58. The Morgan fingerprint density at radius 2 is 2.00 bits per heavy atom. The summed E-state index contributed by atoms with van der Waals surface area (Å²) in [4.78, 5) is 56.2. The number of nitrogens with zero attached hydrogens (tertiary/aromatic N) is 7. The predicted molar refractivity (Wildman–Crippen MR) is 181 cm³/mol. The van der Waals surface area contributed by atoms with Crippen molar-refractivity contribution in [2.24, 2.45) is 5.92 Å². The number of rotatable bonds is 6. The first kappa shape index (κ1) is 31.6. The highest BCUT2D eigenvalue weighted by molar-refractivity contribution is 6.33. The Bertz CT molecular complexity index is 2130. The van der Waals surface area contributed by atoms with Crippen LogP contribution >= 0.6 is 11.6 Å². The molecule has 8 rings (SSSR count). The van der Waals surface area contributed by atoms with Gasteiger partial charge in [0.1, 0.15) is 12.9 Å². The number of carbonyl (C=O) groups excluding carboxylic acids is 2. The monoisotopic (exact) mass is 684 g/mol. The SMILES string of the molecule is Cc1ncnc(C(=O)N2CCC3(CC2)c2c(n(CC(=O)Nc4ccc(C(C)C)cc4Cl)c4nc(C5=CCOCC5)nn4c2=O)[C@H]2C[C@H]23)c1O. The molecule has 0 bridgehead atoms. The molecule has 3 aromatic heterocycles. The van der Waals surface area contributed by atoms with Gasteiger partial charge in [-0.15, -0.1) is 5.10 Å². The fourth-order valence-corrected chi connectivity index (χ4v) is 8.31. The number of halogens is 1. The highest BCUT2D eigenvalue weighted by Crippen LogP contribution is 2.67. The van der Waals surface area contributed by atoms with Crippen molar-refractivity contribution in [3.8, 4) is 5.75 Å². The normalized spacial score (nSPS) is 20.8. The van der Waals surface area contributed by atoms with Gasteiger partial charge in [-0.2, -0.15) is 9.50 Å². The van der Waals surface area contributed by atoms with E-state index in [1.165, 1.54) is 10.8 Å². The lowest BCUT2D eigenvalue weighted by molar-refractivity contribution is -0.116. The fraction of sp³-hybridized carbons (Fsp3) is 0.457. The molecule has 13 nitrogen and oxygen atoms in total. The first-order valence-corrected chi connectivity index (χ1v) is 17.2. The summed E-state index contributed by atoms with van der Waals surface area (Å²) in [6, 6.07) is 5.64. The molecule has 2 aliphatic carbocycles. The van der Waals surface area contributed by atoms with Gasteiger partial charge < -0.3 is 24.6 Å². The minimum Gasteiger partial charge on any atom is -0.504 e. The first-order valence-electron chi connectivity index (χ1n) is 16.8. The van der Waals surface area contributed by atoms with Crippen molar-refractivity contribution in [3.05, 3.63) is 80.0 Å². The van der Waals surface area contributed by atoms with Crippen LogP contribution in [0.15, 0.2) is 35.4 Å². The van der Waals surface area contributed by atoms with Gasteiger partial charge in [-0.25, -0.2) is 9.97 Å². The van der Waals surface area contributed by atoms with Crippen LogP contribution in [-0.2, 0) is 21.5 Å². The summed E-state index contributed by atoms with van der Waals surface area (Å²) in [7, 11) is 0. The molecule has 1 spiro atoms. The number of ether oxygens (including phenoxy) is 1. The van der Waals surface area contributed by atoms with E-state index >= 15 is 0 Å². The number of carbonyl (C=O) groups is 2. The third-order valence-electron chi connectivity index (χ3n) is 10.8. The molecule has 4 aromatic rings. The van der Waals surface area contributed by atoms with Crippen LogP contribution in [-0.4, -0.2) is 77.3 Å². The van der Waals surface area contributed by atoms with E-state index < -0.39 is 5.41 Å².